The summed E-state index contributed by atoms with van der Waals surface area (Å²) in [5.41, 5.74) is 1.03. The predicted molar refractivity (Wildman–Crippen MR) is 173 cm³/mol. The minimum atomic E-state index is -4.55. The molecular formula is C35H36F3N3O5S. The molecule has 0 saturated carbocycles. The van der Waals surface area contributed by atoms with E-state index in [0.29, 0.717) is 21.8 Å². The summed E-state index contributed by atoms with van der Waals surface area (Å²) in [6.45, 7) is 9.41. The molecule has 248 valence electrons. The number of carboxylic acid groups (broad SMARTS) is 1. The van der Waals surface area contributed by atoms with Crippen LogP contribution in [0.15, 0.2) is 67.0 Å². The van der Waals surface area contributed by atoms with Crippen molar-refractivity contribution in [1.82, 2.24) is 15.3 Å². The van der Waals surface area contributed by atoms with Gasteiger partial charge in [-0.25, -0.2) is 9.97 Å². The number of Topliss-reactive ketones (excluding diaryl/α,β-unsaturated/α-hetero) is 1. The Hall–Kier alpha value is -4.58. The highest BCUT2D eigenvalue weighted by molar-refractivity contribution is 7.14. The minimum Gasteiger partial charge on any atom is -0.494 e. The van der Waals surface area contributed by atoms with E-state index in [2.05, 4.69) is 36.1 Å². The van der Waals surface area contributed by atoms with Crippen molar-refractivity contribution >= 4 is 29.0 Å². The Labute approximate surface area is 275 Å². The first kappa shape index (κ1) is 35.3. The van der Waals surface area contributed by atoms with Crippen molar-refractivity contribution in [3.05, 3.63) is 87.9 Å². The van der Waals surface area contributed by atoms with Crippen LogP contribution in [-0.4, -0.2) is 45.4 Å². The third-order valence-electron chi connectivity index (χ3n) is 7.38. The molecule has 2 aromatic carbocycles. The number of alkyl halides is 3. The number of nitrogens with one attached hydrogen (secondary N) is 1. The maximum absolute atomic E-state index is 13.5. The van der Waals surface area contributed by atoms with E-state index >= 15 is 0 Å². The Morgan fingerprint density at radius 3 is 2.15 bits per heavy atom. The molecule has 12 heteroatoms. The fraction of sp³-hybridized carbons (Fsp3) is 0.343. The first-order valence-electron chi connectivity index (χ1n) is 15.0. The normalized spacial score (nSPS) is 13.1. The maximum Gasteiger partial charge on any atom is 0.416 e. The SMILES string of the molecule is CCOc1cc(-c2cnc(-c3ccc(C[C@H](CC(=O)c4ccc(C(C)(C)C)s4)C(=O)N[C@H](C)C(=O)O)cc3)nc2)cc(C(F)(F)F)c1. The molecule has 2 N–H and O–H groups in total. The molecule has 8 nitrogen and oxygen atoms in total. The molecule has 0 spiro atoms. The van der Waals surface area contributed by atoms with Gasteiger partial charge in [0.15, 0.2) is 11.6 Å². The molecule has 0 fully saturated rings. The van der Waals surface area contributed by atoms with Crippen LogP contribution in [0.4, 0.5) is 13.2 Å². The number of amides is 1. The second kappa shape index (κ2) is 14.5. The average molecular weight is 668 g/mol. The summed E-state index contributed by atoms with van der Waals surface area (Å²) in [6.07, 6.45) is -1.60. The van der Waals surface area contributed by atoms with Crippen molar-refractivity contribution < 1.29 is 37.4 Å². The van der Waals surface area contributed by atoms with Gasteiger partial charge < -0.3 is 15.2 Å². The highest BCUT2D eigenvalue weighted by Crippen LogP contribution is 2.36. The molecule has 4 rings (SSSR count). The molecule has 0 radical (unpaired) electrons. The first-order valence-corrected chi connectivity index (χ1v) is 15.8. The largest absolute Gasteiger partial charge is 0.494 e. The van der Waals surface area contributed by atoms with Crippen molar-refractivity contribution in [3.63, 3.8) is 0 Å². The monoisotopic (exact) mass is 667 g/mol. The number of benzene rings is 2. The summed E-state index contributed by atoms with van der Waals surface area (Å²) >= 11 is 1.38. The molecule has 47 heavy (non-hydrogen) atoms. The van der Waals surface area contributed by atoms with Crippen LogP contribution in [0.3, 0.4) is 0 Å². The van der Waals surface area contributed by atoms with E-state index < -0.39 is 35.6 Å². The number of aliphatic carboxylic acids is 1. The minimum absolute atomic E-state index is 0.0909. The van der Waals surface area contributed by atoms with Crippen LogP contribution in [0.5, 0.6) is 5.75 Å². The van der Waals surface area contributed by atoms with Crippen molar-refractivity contribution in [3.8, 4) is 28.3 Å². The van der Waals surface area contributed by atoms with Crippen molar-refractivity contribution in [2.75, 3.05) is 6.61 Å². The van der Waals surface area contributed by atoms with Crippen LogP contribution < -0.4 is 10.1 Å². The molecule has 2 heterocycles. The van der Waals surface area contributed by atoms with Gasteiger partial charge in [-0.15, -0.1) is 11.3 Å². The molecular weight excluding hydrogens is 631 g/mol. The summed E-state index contributed by atoms with van der Waals surface area (Å²) in [4.78, 5) is 48.1. The number of hydrogen-bond donors (Lipinski definition) is 2. The van der Waals surface area contributed by atoms with E-state index in [-0.39, 0.29) is 42.0 Å². The lowest BCUT2D eigenvalue weighted by Gasteiger charge is -2.18. The van der Waals surface area contributed by atoms with Gasteiger partial charge in [0.2, 0.25) is 5.91 Å². The van der Waals surface area contributed by atoms with Gasteiger partial charge in [-0.1, -0.05) is 45.0 Å². The predicted octanol–water partition coefficient (Wildman–Crippen LogP) is 7.61. The molecule has 2 aromatic heterocycles. The van der Waals surface area contributed by atoms with Crippen LogP contribution in [0.2, 0.25) is 0 Å². The summed E-state index contributed by atoms with van der Waals surface area (Å²) in [5, 5.41) is 11.8. The maximum atomic E-state index is 13.5. The number of halogens is 3. The van der Waals surface area contributed by atoms with Crippen LogP contribution in [0.25, 0.3) is 22.5 Å². The van der Waals surface area contributed by atoms with Crippen molar-refractivity contribution in [1.29, 1.82) is 0 Å². The van der Waals surface area contributed by atoms with Crippen LogP contribution >= 0.6 is 11.3 Å². The fourth-order valence-corrected chi connectivity index (χ4v) is 5.76. The highest BCUT2D eigenvalue weighted by atomic mass is 32.1. The average Bonchev–Trinajstić information content (AvgIpc) is 3.52. The molecule has 0 aliphatic carbocycles. The topological polar surface area (TPSA) is 118 Å². The lowest BCUT2D eigenvalue weighted by Crippen LogP contribution is -2.42. The number of carboxylic acids is 1. The Kier molecular flexibility index (Phi) is 10.9. The lowest BCUT2D eigenvalue weighted by atomic mass is 9.92. The van der Waals surface area contributed by atoms with Gasteiger partial charge in [0.05, 0.1) is 17.0 Å². The number of ether oxygens (including phenoxy) is 1. The zero-order valence-electron chi connectivity index (χ0n) is 26.6. The number of rotatable bonds is 12. The molecule has 1 amide bonds. The van der Waals surface area contributed by atoms with Gasteiger partial charge in [0, 0.05) is 40.7 Å². The number of carbonyl (C=O) groups excluding carboxylic acids is 2. The summed E-state index contributed by atoms with van der Waals surface area (Å²) in [7, 11) is 0. The van der Waals surface area contributed by atoms with E-state index in [4.69, 9.17) is 4.74 Å². The zero-order chi connectivity index (χ0) is 34.5. The smallest absolute Gasteiger partial charge is 0.416 e. The highest BCUT2D eigenvalue weighted by Gasteiger charge is 2.32. The van der Waals surface area contributed by atoms with Gasteiger partial charge in [-0.05, 0) is 67.1 Å². The van der Waals surface area contributed by atoms with Crippen molar-refractivity contribution in [2.45, 2.75) is 65.1 Å². The molecule has 0 aliphatic rings. The molecule has 2 atom stereocenters. The number of aromatic nitrogens is 2. The Morgan fingerprint density at radius 1 is 0.936 bits per heavy atom. The summed E-state index contributed by atoms with van der Waals surface area (Å²) in [5.74, 6) is -2.31. The zero-order valence-corrected chi connectivity index (χ0v) is 27.5. The quantitative estimate of drug-likeness (QED) is 0.149. The van der Waals surface area contributed by atoms with E-state index in [1.807, 2.05) is 6.07 Å². The van der Waals surface area contributed by atoms with Gasteiger partial charge in [-0.2, -0.15) is 13.2 Å². The van der Waals surface area contributed by atoms with Gasteiger partial charge in [0.25, 0.3) is 0 Å². The molecule has 0 aliphatic heterocycles. The third kappa shape index (κ3) is 9.25. The molecule has 4 aromatic rings. The second-order valence-corrected chi connectivity index (χ2v) is 13.3. The van der Waals surface area contributed by atoms with E-state index in [1.165, 1.54) is 36.7 Å². The lowest BCUT2D eigenvalue weighted by molar-refractivity contribution is -0.141. The number of ketones is 1. The van der Waals surface area contributed by atoms with Crippen LogP contribution in [-0.2, 0) is 27.6 Å². The van der Waals surface area contributed by atoms with Gasteiger partial charge in [0.1, 0.15) is 11.8 Å². The van der Waals surface area contributed by atoms with E-state index in [0.717, 1.165) is 22.6 Å². The standard InChI is InChI=1S/C35H36F3N3O5S/c1-6-46-27-15-23(14-26(17-27)35(36,37)38)25-18-39-31(40-19-25)22-9-7-21(8-10-22)13-24(32(43)41-20(2)33(44)45)16-28(42)29-11-12-30(47-29)34(3,4)5/h7-12,14-15,17-20,24H,6,13,16H2,1-5H3,(H,41,43)(H,44,45)/t20-,24-/m1/s1. The fourth-order valence-electron chi connectivity index (χ4n) is 4.75. The van der Waals surface area contributed by atoms with E-state index in [1.54, 1.807) is 37.3 Å². The Bertz CT molecular complexity index is 1730. The number of carbonyl (C=O) groups is 3. The van der Waals surface area contributed by atoms with E-state index in [9.17, 15) is 32.7 Å². The molecule has 0 saturated heterocycles. The van der Waals surface area contributed by atoms with Crippen LogP contribution in [0, 0.1) is 5.92 Å². The van der Waals surface area contributed by atoms with Crippen LogP contribution in [0.1, 0.15) is 66.7 Å². The Morgan fingerprint density at radius 2 is 1.60 bits per heavy atom. The first-order chi connectivity index (χ1) is 22.0. The summed E-state index contributed by atoms with van der Waals surface area (Å²) < 4.78 is 45.7. The van der Waals surface area contributed by atoms with Gasteiger partial charge in [-0.3, -0.25) is 14.4 Å². The molecule has 0 bridgehead atoms. The number of thiophene rings is 1. The Balaban J connectivity index is 1.53. The second-order valence-electron chi connectivity index (χ2n) is 12.2. The molecule has 0 unspecified atom stereocenters. The van der Waals surface area contributed by atoms with Gasteiger partial charge >= 0.3 is 12.1 Å². The number of nitrogens with zero attached hydrogens (tertiary/aromatic N) is 2. The van der Waals surface area contributed by atoms with Crippen molar-refractivity contribution in [2.24, 2.45) is 5.92 Å². The third-order valence-corrected chi connectivity index (χ3v) is 8.93. The number of hydrogen-bond acceptors (Lipinski definition) is 7. The summed E-state index contributed by atoms with van der Waals surface area (Å²) in [6, 6.07) is 13.0.